The highest BCUT2D eigenvalue weighted by Crippen LogP contribution is 2.70. The summed E-state index contributed by atoms with van der Waals surface area (Å²) >= 11 is 0. The maximum Gasteiger partial charge on any atom is 0.133 e. The van der Waals surface area contributed by atoms with Gasteiger partial charge in [0.2, 0.25) is 0 Å². The van der Waals surface area contributed by atoms with Crippen LogP contribution >= 0.6 is 0 Å². The van der Waals surface area contributed by atoms with Crippen molar-refractivity contribution in [3.05, 3.63) is 0 Å². The van der Waals surface area contributed by atoms with Crippen molar-refractivity contribution in [2.45, 2.75) is 72.6 Å². The lowest BCUT2D eigenvalue weighted by Gasteiger charge is -2.44. The lowest BCUT2D eigenvalue weighted by Crippen LogP contribution is -2.39. The third-order valence-corrected chi connectivity index (χ3v) is 7.65. The van der Waals surface area contributed by atoms with Gasteiger partial charge in [-0.2, -0.15) is 0 Å². The molecule has 3 rings (SSSR count). The van der Waals surface area contributed by atoms with Gasteiger partial charge in [0.25, 0.3) is 0 Å². The van der Waals surface area contributed by atoms with Gasteiger partial charge in [0, 0.05) is 12.8 Å². The van der Waals surface area contributed by atoms with E-state index in [1.165, 1.54) is 32.1 Å². The van der Waals surface area contributed by atoms with Gasteiger partial charge in [-0.3, -0.25) is 4.79 Å². The smallest absolute Gasteiger partial charge is 0.133 e. The summed E-state index contributed by atoms with van der Waals surface area (Å²) in [4.78, 5) is 12.1. The summed E-state index contributed by atoms with van der Waals surface area (Å²) in [5, 5.41) is 0. The molecule has 3 fully saturated rings. The van der Waals surface area contributed by atoms with Crippen molar-refractivity contribution in [3.8, 4) is 0 Å². The number of Topliss-reactive ketones (excluding diaryl/α,β-unsaturated/α-hetero) is 1. The van der Waals surface area contributed by atoms with Gasteiger partial charge in [-0.1, -0.05) is 34.1 Å². The van der Waals surface area contributed by atoms with Crippen molar-refractivity contribution in [2.24, 2.45) is 34.5 Å². The zero-order chi connectivity index (χ0) is 13.8. The molecule has 3 aliphatic carbocycles. The zero-order valence-electron chi connectivity index (χ0n) is 13.2. The molecule has 108 valence electrons. The molecule has 2 bridgehead atoms. The second-order valence-corrected chi connectivity index (χ2v) is 8.43. The maximum atomic E-state index is 12.1. The zero-order valence-corrected chi connectivity index (χ0v) is 13.2. The molecular formula is C18H30O. The SMILES string of the molecule is CCC1CC(=O)CC([C@@H]2C[C@H]3CC[C@]2(C)C3(C)C)C1. The molecule has 0 radical (unpaired) electrons. The quantitative estimate of drug-likeness (QED) is 0.695. The molecule has 0 aromatic carbocycles. The molecule has 0 spiro atoms. The predicted octanol–water partition coefficient (Wildman–Crippen LogP) is 4.84. The Balaban J connectivity index is 1.82. The van der Waals surface area contributed by atoms with Crippen molar-refractivity contribution in [1.29, 1.82) is 0 Å². The van der Waals surface area contributed by atoms with E-state index in [0.717, 1.165) is 24.7 Å². The van der Waals surface area contributed by atoms with Crippen LogP contribution in [0.4, 0.5) is 0 Å². The Morgan fingerprint density at radius 1 is 1.16 bits per heavy atom. The van der Waals surface area contributed by atoms with E-state index in [2.05, 4.69) is 27.7 Å². The van der Waals surface area contributed by atoms with Crippen LogP contribution in [0.15, 0.2) is 0 Å². The first-order valence-corrected chi connectivity index (χ1v) is 8.40. The molecular weight excluding hydrogens is 232 g/mol. The molecule has 2 unspecified atom stereocenters. The molecule has 0 aromatic rings. The molecule has 3 saturated carbocycles. The van der Waals surface area contributed by atoms with E-state index in [0.29, 0.717) is 28.4 Å². The number of hydrogen-bond donors (Lipinski definition) is 0. The predicted molar refractivity (Wildman–Crippen MR) is 78.8 cm³/mol. The van der Waals surface area contributed by atoms with Gasteiger partial charge in [0.15, 0.2) is 0 Å². The summed E-state index contributed by atoms with van der Waals surface area (Å²) in [7, 11) is 0. The first kappa shape index (κ1) is 13.6. The Bertz CT molecular complexity index is 383. The lowest BCUT2D eigenvalue weighted by atomic mass is 9.60. The standard InChI is InChI=1S/C18H30O/c1-5-12-8-13(10-15(19)9-12)16-11-14-6-7-18(16,4)17(14,2)3/h12-14,16H,5-11H2,1-4H3/t12?,13?,14-,16+,18+/m1/s1. The van der Waals surface area contributed by atoms with Crippen LogP contribution < -0.4 is 0 Å². The van der Waals surface area contributed by atoms with Crippen molar-refractivity contribution in [3.63, 3.8) is 0 Å². The fraction of sp³-hybridized carbons (Fsp3) is 0.944. The third kappa shape index (κ3) is 1.83. The molecule has 0 heterocycles. The normalized spacial score (nSPS) is 48.7. The van der Waals surface area contributed by atoms with Gasteiger partial charge < -0.3 is 0 Å². The highest BCUT2D eigenvalue weighted by molar-refractivity contribution is 5.79. The van der Waals surface area contributed by atoms with Gasteiger partial charge in [-0.25, -0.2) is 0 Å². The van der Waals surface area contributed by atoms with Crippen molar-refractivity contribution in [2.75, 3.05) is 0 Å². The van der Waals surface area contributed by atoms with Crippen LogP contribution in [0.2, 0.25) is 0 Å². The molecule has 5 atom stereocenters. The second-order valence-electron chi connectivity index (χ2n) is 8.43. The van der Waals surface area contributed by atoms with Crippen LogP contribution in [0.1, 0.15) is 72.6 Å². The molecule has 0 amide bonds. The molecule has 19 heavy (non-hydrogen) atoms. The van der Waals surface area contributed by atoms with Crippen LogP contribution in [-0.4, -0.2) is 5.78 Å². The van der Waals surface area contributed by atoms with E-state index in [9.17, 15) is 4.79 Å². The van der Waals surface area contributed by atoms with Crippen molar-refractivity contribution in [1.82, 2.24) is 0 Å². The Hall–Kier alpha value is -0.330. The van der Waals surface area contributed by atoms with E-state index in [4.69, 9.17) is 0 Å². The molecule has 0 aliphatic heterocycles. The Kier molecular flexibility index (Phi) is 3.11. The Labute approximate surface area is 118 Å². The number of ketones is 1. The number of carbonyl (C=O) groups excluding carboxylic acids is 1. The van der Waals surface area contributed by atoms with E-state index in [-0.39, 0.29) is 0 Å². The number of rotatable bonds is 2. The molecule has 1 heteroatoms. The number of fused-ring (bicyclic) bond motifs is 2. The van der Waals surface area contributed by atoms with E-state index in [1.807, 2.05) is 0 Å². The Morgan fingerprint density at radius 2 is 1.89 bits per heavy atom. The first-order chi connectivity index (χ1) is 8.88. The van der Waals surface area contributed by atoms with Gasteiger partial charge >= 0.3 is 0 Å². The lowest BCUT2D eigenvalue weighted by molar-refractivity contribution is -0.124. The summed E-state index contributed by atoms with van der Waals surface area (Å²) in [6.45, 7) is 9.77. The minimum Gasteiger partial charge on any atom is -0.300 e. The second kappa shape index (κ2) is 4.33. The van der Waals surface area contributed by atoms with Crippen LogP contribution in [0, 0.1) is 34.5 Å². The molecule has 1 nitrogen and oxygen atoms in total. The van der Waals surface area contributed by atoms with Crippen LogP contribution in [0.5, 0.6) is 0 Å². The summed E-state index contributed by atoms with van der Waals surface area (Å²) < 4.78 is 0. The van der Waals surface area contributed by atoms with Gasteiger partial charge in [-0.15, -0.1) is 0 Å². The van der Waals surface area contributed by atoms with Gasteiger partial charge in [0.1, 0.15) is 5.78 Å². The van der Waals surface area contributed by atoms with Gasteiger partial charge in [-0.05, 0) is 60.2 Å². The number of carbonyl (C=O) groups is 1. The largest absolute Gasteiger partial charge is 0.300 e. The van der Waals surface area contributed by atoms with Gasteiger partial charge in [0.05, 0.1) is 0 Å². The summed E-state index contributed by atoms with van der Waals surface area (Å²) in [6, 6.07) is 0. The van der Waals surface area contributed by atoms with Crippen LogP contribution in [0.3, 0.4) is 0 Å². The Morgan fingerprint density at radius 3 is 2.42 bits per heavy atom. The van der Waals surface area contributed by atoms with E-state index < -0.39 is 0 Å². The fourth-order valence-corrected chi connectivity index (χ4v) is 5.89. The molecule has 0 aromatic heterocycles. The van der Waals surface area contributed by atoms with E-state index >= 15 is 0 Å². The monoisotopic (exact) mass is 262 g/mol. The maximum absolute atomic E-state index is 12.1. The highest BCUT2D eigenvalue weighted by atomic mass is 16.1. The highest BCUT2D eigenvalue weighted by Gasteiger charge is 2.62. The number of hydrogen-bond acceptors (Lipinski definition) is 1. The summed E-state index contributed by atoms with van der Waals surface area (Å²) in [6.07, 6.45) is 8.50. The minimum absolute atomic E-state index is 0.498. The average Bonchev–Trinajstić information content (AvgIpc) is 2.70. The molecule has 0 saturated heterocycles. The minimum atomic E-state index is 0.498. The average molecular weight is 262 g/mol. The fourth-order valence-electron chi connectivity index (χ4n) is 5.89. The summed E-state index contributed by atoms with van der Waals surface area (Å²) in [5.41, 5.74) is 0.998. The first-order valence-electron chi connectivity index (χ1n) is 8.40. The van der Waals surface area contributed by atoms with Crippen molar-refractivity contribution >= 4 is 5.78 Å². The van der Waals surface area contributed by atoms with E-state index in [1.54, 1.807) is 0 Å². The van der Waals surface area contributed by atoms with Crippen molar-refractivity contribution < 1.29 is 4.79 Å². The van der Waals surface area contributed by atoms with Crippen LogP contribution in [-0.2, 0) is 4.79 Å². The topological polar surface area (TPSA) is 17.1 Å². The molecule has 0 N–H and O–H groups in total. The molecule has 3 aliphatic rings. The summed E-state index contributed by atoms with van der Waals surface area (Å²) in [5.74, 6) is 3.66. The van der Waals surface area contributed by atoms with Crippen LogP contribution in [0.25, 0.3) is 0 Å². The third-order valence-electron chi connectivity index (χ3n) is 7.65.